The summed E-state index contributed by atoms with van der Waals surface area (Å²) in [5, 5.41) is 0. The maximum absolute atomic E-state index is 11.5. The molecule has 1 unspecified atom stereocenters. The van der Waals surface area contributed by atoms with Gasteiger partial charge in [0.2, 0.25) is 0 Å². The maximum Gasteiger partial charge on any atom is 0.518 e. The van der Waals surface area contributed by atoms with Gasteiger partial charge in [-0.05, 0) is 6.42 Å². The van der Waals surface area contributed by atoms with Crippen LogP contribution in [0.15, 0.2) is 0 Å². The number of amides is 1. The van der Waals surface area contributed by atoms with Crippen molar-refractivity contribution in [3.05, 3.63) is 0 Å². The Bertz CT molecular complexity index is 298. The zero-order chi connectivity index (χ0) is 15.2. The predicted octanol–water partition coefficient (Wildman–Crippen LogP) is 0.566. The Labute approximate surface area is 122 Å². The van der Waals surface area contributed by atoms with Crippen molar-refractivity contribution in [2.45, 2.75) is 19.0 Å². The first-order valence-electron chi connectivity index (χ1n) is 6.80. The molecule has 1 heterocycles. The van der Waals surface area contributed by atoms with E-state index >= 15 is 0 Å². The van der Waals surface area contributed by atoms with Crippen molar-refractivity contribution in [3.8, 4) is 0 Å². The van der Waals surface area contributed by atoms with Crippen molar-refractivity contribution in [3.63, 3.8) is 0 Å². The van der Waals surface area contributed by atoms with Gasteiger partial charge in [-0.2, -0.15) is 0 Å². The lowest BCUT2D eigenvalue weighted by Gasteiger charge is -2.43. The van der Waals surface area contributed by atoms with E-state index in [0.717, 1.165) is 19.5 Å². The Morgan fingerprint density at radius 3 is 1.90 bits per heavy atom. The summed E-state index contributed by atoms with van der Waals surface area (Å²) in [6.07, 6.45) is 0.603. The van der Waals surface area contributed by atoms with Gasteiger partial charge in [0.25, 0.3) is 0 Å². The molecule has 0 aromatic rings. The van der Waals surface area contributed by atoms with Crippen molar-refractivity contribution in [1.82, 2.24) is 9.80 Å². The first-order valence-corrected chi connectivity index (χ1v) is 8.61. The first kappa shape index (κ1) is 17.4. The third kappa shape index (κ3) is 3.50. The molecule has 1 saturated heterocycles. The second kappa shape index (κ2) is 7.94. The smallest absolute Gasteiger partial charge is 0.453 e. The maximum atomic E-state index is 11.5. The summed E-state index contributed by atoms with van der Waals surface area (Å²) >= 11 is 0. The lowest BCUT2D eigenvalue weighted by atomic mass is 10.3. The first-order chi connectivity index (χ1) is 9.58. The van der Waals surface area contributed by atoms with Crippen LogP contribution in [0, 0.1) is 0 Å². The summed E-state index contributed by atoms with van der Waals surface area (Å²) in [5.41, 5.74) is 0.0993. The Balaban J connectivity index is 2.71. The number of piperazine rings is 1. The van der Waals surface area contributed by atoms with E-state index in [4.69, 9.17) is 18.0 Å². The van der Waals surface area contributed by atoms with Gasteiger partial charge in [0, 0.05) is 47.5 Å². The fourth-order valence-corrected chi connectivity index (χ4v) is 5.26. The molecule has 1 amide bonds. The number of hydrogen-bond donors (Lipinski definition) is 0. The van der Waals surface area contributed by atoms with E-state index in [-0.39, 0.29) is 11.8 Å². The van der Waals surface area contributed by atoms with Crippen molar-refractivity contribution in [2.75, 3.05) is 54.6 Å². The third-order valence-corrected chi connectivity index (χ3v) is 7.13. The fraction of sp³-hybridized carbons (Fsp3) is 0.917. The number of methoxy groups -OCH3 is 1. The van der Waals surface area contributed by atoms with E-state index in [1.165, 1.54) is 7.11 Å². The summed E-state index contributed by atoms with van der Waals surface area (Å²) in [6.45, 7) is 4.91. The summed E-state index contributed by atoms with van der Waals surface area (Å²) in [4.78, 5) is 15.5. The molecule has 0 aromatic carbocycles. The quantitative estimate of drug-likeness (QED) is 0.669. The van der Waals surface area contributed by atoms with Gasteiger partial charge in [-0.3, -0.25) is 4.90 Å². The lowest BCUT2D eigenvalue weighted by Crippen LogP contribution is -2.64. The minimum Gasteiger partial charge on any atom is -0.453 e. The van der Waals surface area contributed by atoms with Gasteiger partial charge in [-0.25, -0.2) is 4.79 Å². The number of carbonyl (C=O) groups is 1. The van der Waals surface area contributed by atoms with E-state index in [2.05, 4.69) is 11.8 Å². The molecular weight excluding hydrogens is 280 g/mol. The molecule has 0 radical (unpaired) electrons. The molecule has 1 fully saturated rings. The second-order valence-electron chi connectivity index (χ2n) is 4.63. The fourth-order valence-electron chi connectivity index (χ4n) is 2.74. The summed E-state index contributed by atoms with van der Waals surface area (Å²) in [5.74, 6) is 0. The second-order valence-corrected chi connectivity index (χ2v) is 7.73. The minimum absolute atomic E-state index is 0.0993. The Morgan fingerprint density at radius 2 is 1.55 bits per heavy atom. The van der Waals surface area contributed by atoms with Crippen LogP contribution >= 0.6 is 0 Å². The molecule has 8 heteroatoms. The summed E-state index contributed by atoms with van der Waals surface area (Å²) in [7, 11) is 3.60. The van der Waals surface area contributed by atoms with Crippen LogP contribution in [0.2, 0.25) is 0 Å². The van der Waals surface area contributed by atoms with E-state index < -0.39 is 8.80 Å². The van der Waals surface area contributed by atoms with Gasteiger partial charge in [0.05, 0.1) is 12.8 Å². The molecule has 0 bridgehead atoms. The van der Waals surface area contributed by atoms with Gasteiger partial charge in [-0.15, -0.1) is 0 Å². The molecule has 0 aliphatic carbocycles. The zero-order valence-electron chi connectivity index (χ0n) is 13.0. The van der Waals surface area contributed by atoms with Crippen molar-refractivity contribution in [2.24, 2.45) is 0 Å². The van der Waals surface area contributed by atoms with Crippen LogP contribution < -0.4 is 0 Å². The average molecular weight is 306 g/mol. The molecule has 1 rings (SSSR count). The van der Waals surface area contributed by atoms with Gasteiger partial charge in [0.1, 0.15) is 0 Å². The van der Waals surface area contributed by atoms with Crippen molar-refractivity contribution >= 4 is 14.9 Å². The van der Waals surface area contributed by atoms with Crippen LogP contribution in [0.25, 0.3) is 0 Å². The number of hydrogen-bond acceptors (Lipinski definition) is 6. The normalized spacial score (nSPS) is 18.9. The lowest BCUT2D eigenvalue weighted by molar-refractivity contribution is 0.0457. The molecular formula is C12H26N2O5Si. The van der Waals surface area contributed by atoms with Crippen LogP contribution in [0.1, 0.15) is 13.3 Å². The van der Waals surface area contributed by atoms with E-state index in [1.807, 2.05) is 0 Å². The van der Waals surface area contributed by atoms with Crippen LogP contribution in [-0.4, -0.2) is 85.0 Å². The molecule has 0 spiro atoms. The average Bonchev–Trinajstić information content (AvgIpc) is 2.52. The van der Waals surface area contributed by atoms with E-state index in [1.54, 1.807) is 26.2 Å². The number of carbonyl (C=O) groups excluding carboxylic acids is 1. The highest BCUT2D eigenvalue weighted by Gasteiger charge is 2.49. The molecule has 1 aliphatic rings. The molecule has 7 nitrogen and oxygen atoms in total. The Kier molecular flexibility index (Phi) is 6.90. The molecule has 0 N–H and O–H groups in total. The van der Waals surface area contributed by atoms with Crippen LogP contribution in [0.3, 0.4) is 0 Å². The van der Waals surface area contributed by atoms with E-state index in [0.29, 0.717) is 13.1 Å². The highest BCUT2D eigenvalue weighted by atomic mass is 28.4. The van der Waals surface area contributed by atoms with Gasteiger partial charge >= 0.3 is 14.9 Å². The van der Waals surface area contributed by atoms with Crippen molar-refractivity contribution < 1.29 is 22.8 Å². The topological polar surface area (TPSA) is 60.5 Å². The third-order valence-electron chi connectivity index (χ3n) is 3.84. The standard InChI is InChI=1S/C12H26N2O5Si/c1-6-11(20(17-3,18-4)19-5)13-7-9-14(10-8-13)12(15)16-2/h11H,6-10H2,1-5H3. The predicted molar refractivity (Wildman–Crippen MR) is 76.4 cm³/mol. The Morgan fingerprint density at radius 1 is 1.05 bits per heavy atom. The largest absolute Gasteiger partial charge is 0.518 e. The SMILES string of the molecule is CCC(N1CCN(C(=O)OC)CC1)[Si](OC)(OC)OC. The van der Waals surface area contributed by atoms with Crippen LogP contribution in [-0.2, 0) is 18.0 Å². The van der Waals surface area contributed by atoms with E-state index in [9.17, 15) is 4.79 Å². The monoisotopic (exact) mass is 306 g/mol. The summed E-state index contributed by atoms with van der Waals surface area (Å²) < 4.78 is 21.5. The molecule has 1 aliphatic heterocycles. The van der Waals surface area contributed by atoms with Crippen LogP contribution in [0.4, 0.5) is 4.79 Å². The molecule has 20 heavy (non-hydrogen) atoms. The number of ether oxygens (including phenoxy) is 1. The van der Waals surface area contributed by atoms with Crippen LogP contribution in [0.5, 0.6) is 0 Å². The zero-order valence-corrected chi connectivity index (χ0v) is 14.0. The van der Waals surface area contributed by atoms with Crippen molar-refractivity contribution in [1.29, 1.82) is 0 Å². The molecule has 0 saturated carbocycles. The summed E-state index contributed by atoms with van der Waals surface area (Å²) in [6, 6.07) is 0. The van der Waals surface area contributed by atoms with Gasteiger partial charge in [-0.1, -0.05) is 6.92 Å². The highest BCUT2D eigenvalue weighted by molar-refractivity contribution is 6.62. The number of nitrogens with zero attached hydrogens (tertiary/aromatic N) is 2. The molecule has 0 aromatic heterocycles. The molecule has 118 valence electrons. The van der Waals surface area contributed by atoms with Gasteiger partial charge in [0.15, 0.2) is 0 Å². The minimum atomic E-state index is -2.70. The Hall–Kier alpha value is -0.673. The number of rotatable bonds is 6. The van der Waals surface area contributed by atoms with Gasteiger partial charge < -0.3 is 22.9 Å². The highest BCUT2D eigenvalue weighted by Crippen LogP contribution is 2.22. The molecule has 1 atom stereocenters.